The molecule has 0 bridgehead atoms. The first-order valence-corrected chi connectivity index (χ1v) is 4.24. The average molecular weight is 189 g/mol. The van der Waals surface area contributed by atoms with Crippen molar-refractivity contribution in [2.24, 2.45) is 0 Å². The second-order valence-corrected chi connectivity index (χ2v) is 3.53. The molecular weight excluding hydrogens is 178 g/mol. The maximum Gasteiger partial charge on any atom is 0.202 e. The molecule has 0 aliphatic carbocycles. The van der Waals surface area contributed by atoms with Gasteiger partial charge in [0.25, 0.3) is 0 Å². The molecule has 6 heteroatoms. The Bertz CT molecular complexity index is 223. The van der Waals surface area contributed by atoms with Gasteiger partial charge in [-0.05, 0) is 6.92 Å². The van der Waals surface area contributed by atoms with Gasteiger partial charge in [-0.1, -0.05) is 0 Å². The fourth-order valence-electron chi connectivity index (χ4n) is 0.615. The van der Waals surface area contributed by atoms with E-state index in [1.54, 1.807) is 6.92 Å². The van der Waals surface area contributed by atoms with Gasteiger partial charge in [0.2, 0.25) is 5.13 Å². The molecule has 1 aromatic heterocycles. The van der Waals surface area contributed by atoms with Crippen molar-refractivity contribution < 1.29 is 10.2 Å². The number of hydrogen-bond acceptors (Lipinski definition) is 6. The number of nitrogens with zero attached hydrogens (tertiary/aromatic N) is 2. The Morgan fingerprint density at radius 2 is 2.25 bits per heavy atom. The van der Waals surface area contributed by atoms with Crippen molar-refractivity contribution in [2.45, 2.75) is 12.5 Å². The largest absolute Gasteiger partial charge is 0.394 e. The first-order valence-electron chi connectivity index (χ1n) is 3.47. The van der Waals surface area contributed by atoms with Crippen LogP contribution in [0.1, 0.15) is 6.92 Å². The number of nitrogens with one attached hydrogen (secondary N) is 1. The molecule has 0 aliphatic rings. The van der Waals surface area contributed by atoms with E-state index in [2.05, 4.69) is 14.7 Å². The number of aliphatic hydroxyl groups is 2. The fourth-order valence-corrected chi connectivity index (χ4v) is 1.20. The van der Waals surface area contributed by atoms with E-state index in [1.165, 1.54) is 17.9 Å². The van der Waals surface area contributed by atoms with Crippen molar-refractivity contribution in [3.05, 3.63) is 6.33 Å². The topological polar surface area (TPSA) is 78.3 Å². The smallest absolute Gasteiger partial charge is 0.202 e. The van der Waals surface area contributed by atoms with Crippen LogP contribution < -0.4 is 5.32 Å². The molecule has 0 saturated carbocycles. The number of hydrogen-bond donors (Lipinski definition) is 3. The van der Waals surface area contributed by atoms with Crippen LogP contribution in [0, 0.1) is 0 Å². The van der Waals surface area contributed by atoms with Crippen molar-refractivity contribution in [1.82, 2.24) is 9.36 Å². The molecule has 1 heterocycles. The van der Waals surface area contributed by atoms with Crippen LogP contribution in [0.2, 0.25) is 0 Å². The molecule has 3 N–H and O–H groups in total. The third-order valence-electron chi connectivity index (χ3n) is 1.47. The average Bonchev–Trinajstić information content (AvgIpc) is 2.57. The highest BCUT2D eigenvalue weighted by Crippen LogP contribution is 2.14. The van der Waals surface area contributed by atoms with Crippen molar-refractivity contribution in [2.75, 3.05) is 18.5 Å². The second kappa shape index (κ2) is 3.79. The van der Waals surface area contributed by atoms with E-state index in [1.807, 2.05) is 0 Å². The van der Waals surface area contributed by atoms with Crippen LogP contribution in [0.15, 0.2) is 6.33 Å². The number of aliphatic hydroxyl groups excluding tert-OH is 2. The summed E-state index contributed by atoms with van der Waals surface area (Å²) in [5.74, 6) is 0. The zero-order chi connectivity index (χ0) is 9.03. The summed E-state index contributed by atoms with van der Waals surface area (Å²) in [6, 6.07) is 0. The quantitative estimate of drug-likeness (QED) is 0.605. The first-order chi connectivity index (χ1) is 5.70. The molecule has 0 saturated heterocycles. The summed E-state index contributed by atoms with van der Waals surface area (Å²) in [6.07, 6.45) is 1.42. The molecule has 12 heavy (non-hydrogen) atoms. The lowest BCUT2D eigenvalue weighted by atomic mass is 10.1. The first kappa shape index (κ1) is 9.37. The highest BCUT2D eigenvalue weighted by molar-refractivity contribution is 7.09. The molecule has 0 amide bonds. The van der Waals surface area contributed by atoms with Gasteiger partial charge in [0.1, 0.15) is 6.33 Å². The Morgan fingerprint density at radius 1 is 1.58 bits per heavy atom. The van der Waals surface area contributed by atoms with Crippen LogP contribution >= 0.6 is 11.5 Å². The van der Waals surface area contributed by atoms with Gasteiger partial charge in [-0.2, -0.15) is 4.37 Å². The monoisotopic (exact) mass is 189 g/mol. The predicted octanol–water partition coefficient (Wildman–Crippen LogP) is -0.307. The Hall–Kier alpha value is -0.720. The summed E-state index contributed by atoms with van der Waals surface area (Å²) in [7, 11) is 0. The van der Waals surface area contributed by atoms with Gasteiger partial charge in [0.05, 0.1) is 18.8 Å². The normalized spacial score (nSPS) is 11.6. The number of anilines is 1. The van der Waals surface area contributed by atoms with Gasteiger partial charge in [0.15, 0.2) is 0 Å². The molecule has 5 nitrogen and oxygen atoms in total. The van der Waals surface area contributed by atoms with Gasteiger partial charge in [-0.25, -0.2) is 4.98 Å². The minimum absolute atomic E-state index is 0.150. The molecule has 0 atom stereocenters. The summed E-state index contributed by atoms with van der Waals surface area (Å²) in [6.45, 7) is 1.40. The Labute approximate surface area is 74.3 Å². The summed E-state index contributed by atoms with van der Waals surface area (Å²) in [5, 5.41) is 21.3. The molecule has 0 aromatic carbocycles. The van der Waals surface area contributed by atoms with Crippen molar-refractivity contribution in [3.8, 4) is 0 Å². The van der Waals surface area contributed by atoms with E-state index >= 15 is 0 Å². The lowest BCUT2D eigenvalue weighted by Gasteiger charge is -2.25. The van der Waals surface area contributed by atoms with E-state index < -0.39 is 5.54 Å². The Balaban J connectivity index is 2.60. The predicted molar refractivity (Wildman–Crippen MR) is 46.1 cm³/mol. The number of rotatable bonds is 4. The lowest BCUT2D eigenvalue weighted by molar-refractivity contribution is 0.147. The lowest BCUT2D eigenvalue weighted by Crippen LogP contribution is -2.42. The highest BCUT2D eigenvalue weighted by Gasteiger charge is 2.22. The fraction of sp³-hybridized carbons (Fsp3) is 0.667. The van der Waals surface area contributed by atoms with Gasteiger partial charge >= 0.3 is 0 Å². The van der Waals surface area contributed by atoms with Gasteiger partial charge in [-0.15, -0.1) is 0 Å². The summed E-state index contributed by atoms with van der Waals surface area (Å²) < 4.78 is 3.78. The van der Waals surface area contributed by atoms with E-state index in [0.29, 0.717) is 5.13 Å². The molecule has 0 unspecified atom stereocenters. The molecular formula is C6H11N3O2S. The van der Waals surface area contributed by atoms with Crippen LogP contribution in [0.5, 0.6) is 0 Å². The molecule has 68 valence electrons. The third kappa shape index (κ3) is 2.13. The summed E-state index contributed by atoms with van der Waals surface area (Å²) in [4.78, 5) is 3.87. The zero-order valence-electron chi connectivity index (χ0n) is 6.69. The van der Waals surface area contributed by atoms with Crippen LogP contribution in [-0.2, 0) is 0 Å². The van der Waals surface area contributed by atoms with Gasteiger partial charge < -0.3 is 15.5 Å². The van der Waals surface area contributed by atoms with Gasteiger partial charge in [-0.3, -0.25) is 0 Å². The third-order valence-corrected chi connectivity index (χ3v) is 2.05. The molecule has 1 aromatic rings. The van der Waals surface area contributed by atoms with Crippen LogP contribution in [0.25, 0.3) is 0 Å². The Kier molecular flexibility index (Phi) is 2.96. The van der Waals surface area contributed by atoms with Crippen molar-refractivity contribution in [1.29, 1.82) is 0 Å². The summed E-state index contributed by atoms with van der Waals surface area (Å²) in [5.41, 5.74) is -0.723. The maximum atomic E-state index is 8.92. The standard InChI is InChI=1S/C6H11N3O2S/c1-6(2-10,3-11)9-5-7-4-8-12-5/h4,10-11H,2-3H2,1H3,(H,7,8,9). The molecule has 0 radical (unpaired) electrons. The van der Waals surface area contributed by atoms with E-state index in [-0.39, 0.29) is 13.2 Å². The van der Waals surface area contributed by atoms with Gasteiger partial charge in [0, 0.05) is 11.5 Å². The number of aromatic nitrogens is 2. The molecule has 0 fully saturated rings. The minimum atomic E-state index is -0.723. The van der Waals surface area contributed by atoms with E-state index in [0.717, 1.165) is 0 Å². The minimum Gasteiger partial charge on any atom is -0.394 e. The van der Waals surface area contributed by atoms with Crippen LogP contribution in [0.3, 0.4) is 0 Å². The van der Waals surface area contributed by atoms with Crippen molar-refractivity contribution in [3.63, 3.8) is 0 Å². The highest BCUT2D eigenvalue weighted by atomic mass is 32.1. The van der Waals surface area contributed by atoms with E-state index in [4.69, 9.17) is 10.2 Å². The van der Waals surface area contributed by atoms with Crippen LogP contribution in [-0.4, -0.2) is 38.3 Å². The Morgan fingerprint density at radius 3 is 2.67 bits per heavy atom. The van der Waals surface area contributed by atoms with Crippen LogP contribution in [0.4, 0.5) is 5.13 Å². The molecule has 0 aliphatic heterocycles. The van der Waals surface area contributed by atoms with E-state index in [9.17, 15) is 0 Å². The second-order valence-electron chi connectivity index (χ2n) is 2.75. The zero-order valence-corrected chi connectivity index (χ0v) is 7.51. The molecule has 1 rings (SSSR count). The summed E-state index contributed by atoms with van der Waals surface area (Å²) >= 11 is 1.19. The maximum absolute atomic E-state index is 8.92. The molecule has 0 spiro atoms. The SMILES string of the molecule is CC(CO)(CO)Nc1ncns1. The van der Waals surface area contributed by atoms with Crippen molar-refractivity contribution >= 4 is 16.7 Å².